The standard InChI is InChI=1S/C20H27N3O4/c1-14(19(25)26)15-6-8-17(9-7-15)21-18(24)16-5-4-12-23(13-16)20(27)22-10-2-3-11-22/h6-9,14,16H,2-5,10-13H2,1H3,(H,21,24)(H,25,26). The Morgan fingerprint density at radius 3 is 2.30 bits per heavy atom. The van der Waals surface area contributed by atoms with Crippen molar-refractivity contribution in [3.05, 3.63) is 29.8 Å². The second-order valence-electron chi connectivity index (χ2n) is 7.43. The maximum absolute atomic E-state index is 12.6. The molecule has 2 atom stereocenters. The fourth-order valence-corrected chi connectivity index (χ4v) is 3.72. The molecule has 0 aromatic heterocycles. The Balaban J connectivity index is 1.57. The Kier molecular flexibility index (Phi) is 5.98. The van der Waals surface area contributed by atoms with Crippen molar-refractivity contribution in [1.82, 2.24) is 9.80 Å². The van der Waals surface area contributed by atoms with Gasteiger partial charge in [0, 0.05) is 31.9 Å². The van der Waals surface area contributed by atoms with E-state index >= 15 is 0 Å². The summed E-state index contributed by atoms with van der Waals surface area (Å²) < 4.78 is 0. The number of carboxylic acid groups (broad SMARTS) is 1. The van der Waals surface area contributed by atoms with E-state index in [9.17, 15) is 14.4 Å². The largest absolute Gasteiger partial charge is 0.481 e. The van der Waals surface area contributed by atoms with Crippen LogP contribution >= 0.6 is 0 Å². The Morgan fingerprint density at radius 2 is 1.67 bits per heavy atom. The molecule has 2 fully saturated rings. The van der Waals surface area contributed by atoms with Crippen molar-refractivity contribution >= 4 is 23.6 Å². The van der Waals surface area contributed by atoms with Crippen molar-refractivity contribution in [3.8, 4) is 0 Å². The predicted molar refractivity (Wildman–Crippen MR) is 102 cm³/mol. The third-order valence-corrected chi connectivity index (χ3v) is 5.49. The fourth-order valence-electron chi connectivity index (χ4n) is 3.72. The smallest absolute Gasteiger partial charge is 0.320 e. The summed E-state index contributed by atoms with van der Waals surface area (Å²) in [5.74, 6) is -1.77. The summed E-state index contributed by atoms with van der Waals surface area (Å²) in [5.41, 5.74) is 1.34. The minimum atomic E-state index is -0.878. The number of hydrogen-bond acceptors (Lipinski definition) is 3. The number of likely N-dealkylation sites (tertiary alicyclic amines) is 2. The number of nitrogens with one attached hydrogen (secondary N) is 1. The van der Waals surface area contributed by atoms with E-state index in [1.807, 2.05) is 4.90 Å². The first-order chi connectivity index (χ1) is 13.0. The third kappa shape index (κ3) is 4.59. The molecule has 3 amide bonds. The van der Waals surface area contributed by atoms with Crippen LogP contribution in [0.3, 0.4) is 0 Å². The molecule has 0 aliphatic carbocycles. The number of rotatable bonds is 4. The van der Waals surface area contributed by atoms with Crippen LogP contribution in [0.15, 0.2) is 24.3 Å². The zero-order valence-electron chi connectivity index (χ0n) is 15.7. The topological polar surface area (TPSA) is 90.0 Å². The number of carbonyl (C=O) groups excluding carboxylic acids is 2. The number of hydrogen-bond donors (Lipinski definition) is 2. The van der Waals surface area contributed by atoms with E-state index < -0.39 is 11.9 Å². The first-order valence-electron chi connectivity index (χ1n) is 9.63. The lowest BCUT2D eigenvalue weighted by Gasteiger charge is -2.34. The summed E-state index contributed by atoms with van der Waals surface area (Å²) in [4.78, 5) is 39.9. The van der Waals surface area contributed by atoms with Crippen LogP contribution in [0.25, 0.3) is 0 Å². The predicted octanol–water partition coefficient (Wildman–Crippen LogP) is 2.74. The molecule has 0 spiro atoms. The highest BCUT2D eigenvalue weighted by Gasteiger charge is 2.31. The van der Waals surface area contributed by atoms with Crippen LogP contribution < -0.4 is 5.32 Å². The lowest BCUT2D eigenvalue weighted by Crippen LogP contribution is -2.48. The van der Waals surface area contributed by atoms with Gasteiger partial charge in [0.2, 0.25) is 5.91 Å². The first-order valence-corrected chi connectivity index (χ1v) is 9.63. The van der Waals surface area contributed by atoms with Gasteiger partial charge in [-0.15, -0.1) is 0 Å². The number of piperidine rings is 1. The Labute approximate surface area is 159 Å². The van der Waals surface area contributed by atoms with Crippen LogP contribution in [-0.2, 0) is 9.59 Å². The number of nitrogens with zero attached hydrogens (tertiary/aromatic N) is 2. The van der Waals surface area contributed by atoms with Crippen LogP contribution in [0.2, 0.25) is 0 Å². The number of anilines is 1. The van der Waals surface area contributed by atoms with Crippen LogP contribution in [0, 0.1) is 5.92 Å². The molecule has 0 bridgehead atoms. The molecule has 1 aromatic rings. The van der Waals surface area contributed by atoms with Crippen LogP contribution in [-0.4, -0.2) is 59.0 Å². The van der Waals surface area contributed by atoms with Crippen molar-refractivity contribution in [1.29, 1.82) is 0 Å². The van der Waals surface area contributed by atoms with Crippen LogP contribution in [0.1, 0.15) is 44.1 Å². The normalized spacial score (nSPS) is 21.0. The molecule has 2 aliphatic rings. The van der Waals surface area contributed by atoms with Gasteiger partial charge in [0.15, 0.2) is 0 Å². The molecule has 0 saturated carbocycles. The number of aliphatic carboxylic acids is 1. The monoisotopic (exact) mass is 373 g/mol. The molecule has 146 valence electrons. The summed E-state index contributed by atoms with van der Waals surface area (Å²) in [6.07, 6.45) is 3.70. The second-order valence-corrected chi connectivity index (χ2v) is 7.43. The lowest BCUT2D eigenvalue weighted by atomic mass is 9.97. The van der Waals surface area contributed by atoms with Gasteiger partial charge in [0.05, 0.1) is 11.8 Å². The first kappa shape index (κ1) is 19.2. The third-order valence-electron chi connectivity index (χ3n) is 5.49. The maximum Gasteiger partial charge on any atom is 0.320 e. The van der Waals surface area contributed by atoms with Gasteiger partial charge in [-0.25, -0.2) is 4.79 Å². The van der Waals surface area contributed by atoms with Gasteiger partial charge in [-0.2, -0.15) is 0 Å². The Bertz CT molecular complexity index is 698. The van der Waals surface area contributed by atoms with E-state index in [-0.39, 0.29) is 17.9 Å². The van der Waals surface area contributed by atoms with E-state index in [1.165, 1.54) is 0 Å². The molecule has 2 heterocycles. The molecule has 27 heavy (non-hydrogen) atoms. The van der Waals surface area contributed by atoms with Crippen molar-refractivity contribution in [2.45, 2.75) is 38.5 Å². The van der Waals surface area contributed by atoms with Gasteiger partial charge >= 0.3 is 12.0 Å². The molecule has 7 nitrogen and oxygen atoms in total. The molecular weight excluding hydrogens is 346 g/mol. The Hall–Kier alpha value is -2.57. The van der Waals surface area contributed by atoms with Crippen LogP contribution in [0.5, 0.6) is 0 Å². The highest BCUT2D eigenvalue weighted by atomic mass is 16.4. The van der Waals surface area contributed by atoms with E-state index in [4.69, 9.17) is 5.11 Å². The average molecular weight is 373 g/mol. The molecule has 2 N–H and O–H groups in total. The lowest BCUT2D eigenvalue weighted by molar-refractivity contribution is -0.138. The fraction of sp³-hybridized carbons (Fsp3) is 0.550. The molecule has 2 saturated heterocycles. The summed E-state index contributed by atoms with van der Waals surface area (Å²) in [7, 11) is 0. The SMILES string of the molecule is CC(C(=O)O)c1ccc(NC(=O)C2CCCN(C(=O)N3CCCC3)C2)cc1. The molecule has 1 aromatic carbocycles. The zero-order valence-corrected chi connectivity index (χ0v) is 15.7. The maximum atomic E-state index is 12.6. The van der Waals surface area contributed by atoms with E-state index in [0.717, 1.165) is 38.8 Å². The van der Waals surface area contributed by atoms with Gasteiger partial charge in [-0.3, -0.25) is 9.59 Å². The molecular formula is C20H27N3O4. The number of urea groups is 1. The van der Waals surface area contributed by atoms with Gasteiger partial charge in [-0.1, -0.05) is 12.1 Å². The average Bonchev–Trinajstić information content (AvgIpc) is 3.22. The second kappa shape index (κ2) is 8.41. The molecule has 2 unspecified atom stereocenters. The van der Waals surface area contributed by atoms with Crippen molar-refractivity contribution in [2.24, 2.45) is 5.92 Å². The van der Waals surface area contributed by atoms with Crippen LogP contribution in [0.4, 0.5) is 10.5 Å². The van der Waals surface area contributed by atoms with Gasteiger partial charge in [0.1, 0.15) is 0 Å². The van der Waals surface area contributed by atoms with E-state index in [0.29, 0.717) is 24.3 Å². The van der Waals surface area contributed by atoms with Crippen molar-refractivity contribution < 1.29 is 19.5 Å². The van der Waals surface area contributed by atoms with E-state index in [1.54, 1.807) is 36.1 Å². The summed E-state index contributed by atoms with van der Waals surface area (Å²) in [6.45, 7) is 4.42. The van der Waals surface area contributed by atoms with Gasteiger partial charge in [0.25, 0.3) is 0 Å². The highest BCUT2D eigenvalue weighted by molar-refractivity contribution is 5.93. The van der Waals surface area contributed by atoms with Gasteiger partial charge < -0.3 is 20.2 Å². The zero-order chi connectivity index (χ0) is 19.4. The summed E-state index contributed by atoms with van der Waals surface area (Å²) >= 11 is 0. The minimum Gasteiger partial charge on any atom is -0.481 e. The van der Waals surface area contributed by atoms with E-state index in [2.05, 4.69) is 5.32 Å². The number of carbonyl (C=O) groups is 3. The van der Waals surface area contributed by atoms with Crippen molar-refractivity contribution in [3.63, 3.8) is 0 Å². The Morgan fingerprint density at radius 1 is 1.04 bits per heavy atom. The van der Waals surface area contributed by atoms with Crippen molar-refractivity contribution in [2.75, 3.05) is 31.5 Å². The number of benzene rings is 1. The summed E-state index contributed by atoms with van der Waals surface area (Å²) in [6, 6.07) is 6.94. The molecule has 7 heteroatoms. The number of carboxylic acids is 1. The molecule has 0 radical (unpaired) electrons. The van der Waals surface area contributed by atoms with Gasteiger partial charge in [-0.05, 0) is 50.3 Å². The number of amides is 3. The highest BCUT2D eigenvalue weighted by Crippen LogP contribution is 2.22. The quantitative estimate of drug-likeness (QED) is 0.849. The molecule has 2 aliphatic heterocycles. The summed E-state index contributed by atoms with van der Waals surface area (Å²) in [5, 5.41) is 12.0. The minimum absolute atomic E-state index is 0.0528. The molecule has 3 rings (SSSR count).